The van der Waals surface area contributed by atoms with Crippen molar-refractivity contribution in [3.63, 3.8) is 0 Å². The Bertz CT molecular complexity index is 723. The van der Waals surface area contributed by atoms with Crippen LogP contribution in [0.25, 0.3) is 0 Å². The molecule has 24 heavy (non-hydrogen) atoms. The van der Waals surface area contributed by atoms with Crippen molar-refractivity contribution < 1.29 is 14.6 Å². The van der Waals surface area contributed by atoms with Gasteiger partial charge in [-0.3, -0.25) is 4.98 Å². The van der Waals surface area contributed by atoms with Gasteiger partial charge in [0.25, 0.3) is 0 Å². The highest BCUT2D eigenvalue weighted by Crippen LogP contribution is 2.39. The average molecular weight is 349 g/mol. The van der Waals surface area contributed by atoms with Crippen molar-refractivity contribution in [1.29, 1.82) is 0 Å². The third-order valence-corrected chi connectivity index (χ3v) is 4.45. The topological polar surface area (TPSA) is 63.6 Å². The van der Waals surface area contributed by atoms with Gasteiger partial charge < -0.3 is 19.9 Å². The zero-order valence-corrected chi connectivity index (χ0v) is 14.5. The summed E-state index contributed by atoms with van der Waals surface area (Å²) in [6.45, 7) is 5.46. The molecule has 0 fully saturated rings. The standard InChI is InChI=1S/C18H21ClN2O3/c1-11-3-4-20-9-14(11)12(2)21-10-16(22)13-7-15(19)18-17(8-13)23-5-6-24-18/h3-4,7-9,12,16,21-22H,5-6,10H2,1-2H3/t12-,16+/m0/s1. The molecule has 0 radical (unpaired) electrons. The molecule has 1 aromatic heterocycles. The molecule has 1 aromatic carbocycles. The zero-order valence-electron chi connectivity index (χ0n) is 13.8. The van der Waals surface area contributed by atoms with Crippen LogP contribution in [0.2, 0.25) is 5.02 Å². The van der Waals surface area contributed by atoms with Gasteiger partial charge in [0.05, 0.1) is 11.1 Å². The predicted molar refractivity (Wildman–Crippen MR) is 92.8 cm³/mol. The van der Waals surface area contributed by atoms with E-state index >= 15 is 0 Å². The summed E-state index contributed by atoms with van der Waals surface area (Å²) in [7, 11) is 0. The smallest absolute Gasteiger partial charge is 0.179 e. The van der Waals surface area contributed by atoms with Crippen LogP contribution in [0.1, 0.15) is 35.8 Å². The van der Waals surface area contributed by atoms with Gasteiger partial charge in [0.15, 0.2) is 11.5 Å². The summed E-state index contributed by atoms with van der Waals surface area (Å²) in [6.07, 6.45) is 2.93. The van der Waals surface area contributed by atoms with Crippen LogP contribution < -0.4 is 14.8 Å². The number of rotatable bonds is 5. The quantitative estimate of drug-likeness (QED) is 0.868. The molecule has 1 aliphatic heterocycles. The van der Waals surface area contributed by atoms with E-state index in [0.29, 0.717) is 41.8 Å². The summed E-state index contributed by atoms with van der Waals surface area (Å²) in [5.74, 6) is 1.13. The lowest BCUT2D eigenvalue weighted by molar-refractivity contribution is 0.161. The van der Waals surface area contributed by atoms with Gasteiger partial charge in [0, 0.05) is 25.0 Å². The molecule has 2 N–H and O–H groups in total. The first-order valence-electron chi connectivity index (χ1n) is 7.97. The number of benzene rings is 1. The summed E-state index contributed by atoms with van der Waals surface area (Å²) >= 11 is 6.23. The van der Waals surface area contributed by atoms with Gasteiger partial charge in [0.1, 0.15) is 13.2 Å². The molecule has 5 nitrogen and oxygen atoms in total. The third-order valence-electron chi connectivity index (χ3n) is 4.17. The monoisotopic (exact) mass is 348 g/mol. The number of hydrogen-bond donors (Lipinski definition) is 2. The van der Waals surface area contributed by atoms with Crippen LogP contribution in [0.4, 0.5) is 0 Å². The molecule has 0 aliphatic carbocycles. The van der Waals surface area contributed by atoms with Gasteiger partial charge in [0.2, 0.25) is 0 Å². The second kappa shape index (κ2) is 7.38. The van der Waals surface area contributed by atoms with Crippen molar-refractivity contribution in [2.75, 3.05) is 19.8 Å². The number of nitrogens with zero attached hydrogens (tertiary/aromatic N) is 1. The Hall–Kier alpha value is -1.82. The fraction of sp³-hybridized carbons (Fsp3) is 0.389. The van der Waals surface area contributed by atoms with Gasteiger partial charge >= 0.3 is 0 Å². The second-order valence-electron chi connectivity index (χ2n) is 5.90. The maximum Gasteiger partial charge on any atom is 0.179 e. The normalized spacial score (nSPS) is 15.8. The Balaban J connectivity index is 1.68. The molecule has 0 spiro atoms. The van der Waals surface area contributed by atoms with E-state index in [1.54, 1.807) is 18.3 Å². The predicted octanol–water partition coefficient (Wildman–Crippen LogP) is 3.20. The molecule has 0 unspecified atom stereocenters. The minimum absolute atomic E-state index is 0.0843. The van der Waals surface area contributed by atoms with E-state index in [1.807, 2.05) is 26.1 Å². The molecule has 3 rings (SSSR count). The van der Waals surface area contributed by atoms with Crippen LogP contribution in [-0.2, 0) is 0 Å². The van der Waals surface area contributed by atoms with Crippen molar-refractivity contribution >= 4 is 11.6 Å². The van der Waals surface area contributed by atoms with Crippen LogP contribution in [-0.4, -0.2) is 29.8 Å². The number of halogens is 1. The SMILES string of the molecule is Cc1ccncc1[C@H](C)NC[C@@H](O)c1cc(Cl)c2c(c1)OCCO2. The number of ether oxygens (including phenoxy) is 2. The number of aromatic nitrogens is 1. The number of fused-ring (bicyclic) bond motifs is 1. The van der Waals surface area contributed by atoms with E-state index in [9.17, 15) is 5.11 Å². The Morgan fingerprint density at radius 2 is 2.12 bits per heavy atom. The third kappa shape index (κ3) is 3.64. The lowest BCUT2D eigenvalue weighted by Crippen LogP contribution is -2.25. The zero-order chi connectivity index (χ0) is 17.1. The van der Waals surface area contributed by atoms with Crippen LogP contribution in [0, 0.1) is 6.92 Å². The second-order valence-corrected chi connectivity index (χ2v) is 6.31. The summed E-state index contributed by atoms with van der Waals surface area (Å²) in [4.78, 5) is 4.16. The molecule has 0 bridgehead atoms. The molecule has 0 saturated heterocycles. The fourth-order valence-electron chi connectivity index (χ4n) is 2.77. The summed E-state index contributed by atoms with van der Waals surface area (Å²) in [6, 6.07) is 5.57. The van der Waals surface area contributed by atoms with Crippen LogP contribution in [0.15, 0.2) is 30.6 Å². The Morgan fingerprint density at radius 1 is 1.33 bits per heavy atom. The first kappa shape index (κ1) is 17.0. The molecule has 2 aromatic rings. The van der Waals surface area contributed by atoms with Crippen molar-refractivity contribution in [2.45, 2.75) is 26.0 Å². The fourth-order valence-corrected chi connectivity index (χ4v) is 3.04. The molecule has 0 saturated carbocycles. The maximum atomic E-state index is 10.5. The Morgan fingerprint density at radius 3 is 2.92 bits per heavy atom. The van der Waals surface area contributed by atoms with Crippen LogP contribution >= 0.6 is 11.6 Å². The number of aliphatic hydroxyl groups excluding tert-OH is 1. The minimum Gasteiger partial charge on any atom is -0.486 e. The largest absolute Gasteiger partial charge is 0.486 e. The van der Waals surface area contributed by atoms with E-state index in [4.69, 9.17) is 21.1 Å². The van der Waals surface area contributed by atoms with Crippen molar-refractivity contribution in [3.8, 4) is 11.5 Å². The Labute approximate surface area is 146 Å². The molecule has 2 atom stereocenters. The Kier molecular flexibility index (Phi) is 5.23. The van der Waals surface area contributed by atoms with E-state index in [1.165, 1.54) is 5.56 Å². The number of hydrogen-bond acceptors (Lipinski definition) is 5. The number of pyridine rings is 1. The van der Waals surface area contributed by atoms with Crippen LogP contribution in [0.5, 0.6) is 11.5 Å². The molecule has 0 amide bonds. The molecular weight excluding hydrogens is 328 g/mol. The lowest BCUT2D eigenvalue weighted by atomic mass is 10.0. The average Bonchev–Trinajstić information content (AvgIpc) is 2.59. The highest BCUT2D eigenvalue weighted by molar-refractivity contribution is 6.32. The highest BCUT2D eigenvalue weighted by Gasteiger charge is 2.20. The maximum absolute atomic E-state index is 10.5. The van der Waals surface area contributed by atoms with Gasteiger partial charge in [-0.15, -0.1) is 0 Å². The molecule has 2 heterocycles. The highest BCUT2D eigenvalue weighted by atomic mass is 35.5. The minimum atomic E-state index is -0.697. The van der Waals surface area contributed by atoms with E-state index in [2.05, 4.69) is 10.3 Å². The van der Waals surface area contributed by atoms with Gasteiger partial charge in [-0.05, 0) is 48.7 Å². The first-order valence-corrected chi connectivity index (χ1v) is 8.35. The van der Waals surface area contributed by atoms with E-state index in [0.717, 1.165) is 5.56 Å². The molecule has 128 valence electrons. The number of aryl methyl sites for hydroxylation is 1. The molecular formula is C18H21ClN2O3. The summed E-state index contributed by atoms with van der Waals surface area (Å²) in [5, 5.41) is 14.3. The molecule has 1 aliphatic rings. The van der Waals surface area contributed by atoms with Gasteiger partial charge in [-0.2, -0.15) is 0 Å². The lowest BCUT2D eigenvalue weighted by Gasteiger charge is -2.23. The van der Waals surface area contributed by atoms with E-state index in [-0.39, 0.29) is 6.04 Å². The van der Waals surface area contributed by atoms with Crippen LogP contribution in [0.3, 0.4) is 0 Å². The van der Waals surface area contributed by atoms with Crippen molar-refractivity contribution in [1.82, 2.24) is 10.3 Å². The summed E-state index contributed by atoms with van der Waals surface area (Å²) < 4.78 is 11.1. The number of nitrogens with one attached hydrogen (secondary N) is 1. The van der Waals surface area contributed by atoms with E-state index < -0.39 is 6.10 Å². The van der Waals surface area contributed by atoms with Crippen molar-refractivity contribution in [2.24, 2.45) is 0 Å². The molecule has 6 heteroatoms. The number of aliphatic hydroxyl groups is 1. The van der Waals surface area contributed by atoms with Crippen molar-refractivity contribution in [3.05, 3.63) is 52.3 Å². The first-order chi connectivity index (χ1) is 11.6. The van der Waals surface area contributed by atoms with Gasteiger partial charge in [-0.25, -0.2) is 0 Å². The summed E-state index contributed by atoms with van der Waals surface area (Å²) in [5.41, 5.74) is 2.98. The van der Waals surface area contributed by atoms with Gasteiger partial charge in [-0.1, -0.05) is 11.6 Å².